The summed E-state index contributed by atoms with van der Waals surface area (Å²) >= 11 is 0. The molecule has 1 N–H and O–H groups in total. The summed E-state index contributed by atoms with van der Waals surface area (Å²) in [5, 5.41) is 3.78. The van der Waals surface area contributed by atoms with Crippen molar-refractivity contribution in [1.82, 2.24) is 5.32 Å². The molecule has 0 heterocycles. The van der Waals surface area contributed by atoms with Crippen LogP contribution < -0.4 is 5.32 Å². The molecule has 0 radical (unpaired) electrons. The van der Waals surface area contributed by atoms with E-state index >= 15 is 0 Å². The molecule has 0 aliphatic rings. The quantitative estimate of drug-likeness (QED) is 0.620. The van der Waals surface area contributed by atoms with Crippen molar-refractivity contribution >= 4 is 0 Å². The van der Waals surface area contributed by atoms with Gasteiger partial charge in [-0.25, -0.2) is 0 Å². The van der Waals surface area contributed by atoms with E-state index in [1.54, 1.807) is 0 Å². The lowest BCUT2D eigenvalue weighted by Crippen LogP contribution is -2.46. The Balaban J connectivity index is 3.96. The Morgan fingerprint density at radius 2 is 1.79 bits per heavy atom. The first-order valence-corrected chi connectivity index (χ1v) is 6.35. The lowest BCUT2D eigenvalue weighted by Gasteiger charge is -2.33. The molecular weight excluding hydrogens is 170 g/mol. The Kier molecular flexibility index (Phi) is 7.26. The third-order valence-electron chi connectivity index (χ3n) is 3.18. The van der Waals surface area contributed by atoms with Crippen molar-refractivity contribution in [3.05, 3.63) is 0 Å². The van der Waals surface area contributed by atoms with Crippen molar-refractivity contribution in [3.63, 3.8) is 0 Å². The van der Waals surface area contributed by atoms with Crippen LogP contribution in [0.25, 0.3) is 0 Å². The maximum Gasteiger partial charge on any atom is 0.0153 e. The van der Waals surface area contributed by atoms with E-state index in [1.807, 2.05) is 0 Å². The topological polar surface area (TPSA) is 12.0 Å². The van der Waals surface area contributed by atoms with Crippen LogP contribution >= 0.6 is 0 Å². The third kappa shape index (κ3) is 5.64. The highest BCUT2D eigenvalue weighted by Gasteiger charge is 2.22. The predicted octanol–water partition coefficient (Wildman–Crippen LogP) is 4.12. The van der Waals surface area contributed by atoms with Crippen LogP contribution in [0.4, 0.5) is 0 Å². The van der Waals surface area contributed by atoms with Gasteiger partial charge in [0, 0.05) is 11.6 Å². The zero-order valence-corrected chi connectivity index (χ0v) is 10.8. The minimum Gasteiger partial charge on any atom is -0.309 e. The van der Waals surface area contributed by atoms with Crippen molar-refractivity contribution in [2.75, 3.05) is 0 Å². The van der Waals surface area contributed by atoms with Gasteiger partial charge in [0.05, 0.1) is 0 Å². The summed E-state index contributed by atoms with van der Waals surface area (Å²) < 4.78 is 0. The molecular formula is C13H29N. The molecule has 0 aromatic heterocycles. The van der Waals surface area contributed by atoms with Crippen molar-refractivity contribution < 1.29 is 0 Å². The van der Waals surface area contributed by atoms with Gasteiger partial charge in [-0.3, -0.25) is 0 Å². The van der Waals surface area contributed by atoms with Crippen molar-refractivity contribution in [2.24, 2.45) is 0 Å². The number of unbranched alkanes of at least 4 members (excludes halogenated alkanes) is 1. The van der Waals surface area contributed by atoms with Gasteiger partial charge in [0.15, 0.2) is 0 Å². The van der Waals surface area contributed by atoms with E-state index in [4.69, 9.17) is 0 Å². The molecule has 14 heavy (non-hydrogen) atoms. The van der Waals surface area contributed by atoms with E-state index in [1.165, 1.54) is 38.5 Å². The molecule has 0 rings (SSSR count). The van der Waals surface area contributed by atoms with Crippen LogP contribution in [0.3, 0.4) is 0 Å². The van der Waals surface area contributed by atoms with Crippen molar-refractivity contribution in [2.45, 2.75) is 84.7 Å². The summed E-state index contributed by atoms with van der Waals surface area (Å²) in [5.41, 5.74) is 0.366. The maximum absolute atomic E-state index is 3.78. The molecule has 1 nitrogen and oxygen atoms in total. The fourth-order valence-electron chi connectivity index (χ4n) is 2.02. The molecule has 1 heteroatoms. The molecule has 0 aliphatic heterocycles. The normalized spacial score (nSPS) is 17.8. The third-order valence-corrected chi connectivity index (χ3v) is 3.18. The molecule has 0 fully saturated rings. The van der Waals surface area contributed by atoms with Crippen LogP contribution in [-0.2, 0) is 0 Å². The molecule has 0 aliphatic carbocycles. The van der Waals surface area contributed by atoms with Crippen molar-refractivity contribution in [1.29, 1.82) is 0 Å². The van der Waals surface area contributed by atoms with Gasteiger partial charge in [-0.1, -0.05) is 40.0 Å². The first-order valence-electron chi connectivity index (χ1n) is 6.35. The van der Waals surface area contributed by atoms with Crippen LogP contribution in [0.1, 0.15) is 73.1 Å². The van der Waals surface area contributed by atoms with Gasteiger partial charge in [0.2, 0.25) is 0 Å². The van der Waals surface area contributed by atoms with E-state index in [0.717, 1.165) is 0 Å². The van der Waals surface area contributed by atoms with Crippen LogP contribution in [0.2, 0.25) is 0 Å². The number of rotatable bonds is 8. The molecule has 0 saturated heterocycles. The SMILES string of the molecule is CCCC[C@](C)(CC)NC(C)CCC. The summed E-state index contributed by atoms with van der Waals surface area (Å²) in [6.45, 7) is 11.5. The summed E-state index contributed by atoms with van der Waals surface area (Å²) in [4.78, 5) is 0. The molecule has 86 valence electrons. The van der Waals surface area contributed by atoms with E-state index in [2.05, 4.69) is 39.9 Å². The smallest absolute Gasteiger partial charge is 0.0153 e. The van der Waals surface area contributed by atoms with Gasteiger partial charge in [-0.05, 0) is 33.1 Å². The Morgan fingerprint density at radius 3 is 2.21 bits per heavy atom. The molecule has 0 saturated carbocycles. The number of hydrogen-bond donors (Lipinski definition) is 1. The molecule has 0 amide bonds. The molecule has 0 bridgehead atoms. The second-order valence-electron chi connectivity index (χ2n) is 4.85. The highest BCUT2D eigenvalue weighted by atomic mass is 15.0. The zero-order valence-electron chi connectivity index (χ0n) is 10.8. The summed E-state index contributed by atoms with van der Waals surface area (Å²) in [7, 11) is 0. The fourth-order valence-corrected chi connectivity index (χ4v) is 2.02. The fraction of sp³-hybridized carbons (Fsp3) is 1.00. The van der Waals surface area contributed by atoms with E-state index in [9.17, 15) is 0 Å². The van der Waals surface area contributed by atoms with Gasteiger partial charge >= 0.3 is 0 Å². The molecule has 1 unspecified atom stereocenters. The minimum absolute atomic E-state index is 0.366. The maximum atomic E-state index is 3.78. The molecule has 0 aromatic rings. The van der Waals surface area contributed by atoms with Crippen LogP contribution in [0.5, 0.6) is 0 Å². The van der Waals surface area contributed by atoms with Gasteiger partial charge in [0.1, 0.15) is 0 Å². The first kappa shape index (κ1) is 14.0. The van der Waals surface area contributed by atoms with Gasteiger partial charge < -0.3 is 5.32 Å². The Labute approximate surface area is 90.7 Å². The lowest BCUT2D eigenvalue weighted by molar-refractivity contribution is 0.273. The second kappa shape index (κ2) is 7.28. The van der Waals surface area contributed by atoms with Crippen LogP contribution in [0.15, 0.2) is 0 Å². The van der Waals surface area contributed by atoms with Crippen LogP contribution in [0, 0.1) is 0 Å². The number of hydrogen-bond acceptors (Lipinski definition) is 1. The second-order valence-corrected chi connectivity index (χ2v) is 4.85. The average molecular weight is 199 g/mol. The van der Waals surface area contributed by atoms with Gasteiger partial charge in [0.25, 0.3) is 0 Å². The number of nitrogens with one attached hydrogen (secondary N) is 1. The monoisotopic (exact) mass is 199 g/mol. The summed E-state index contributed by atoms with van der Waals surface area (Å²) in [6.07, 6.45) is 7.77. The zero-order chi connectivity index (χ0) is 11.0. The first-order chi connectivity index (χ1) is 6.58. The summed E-state index contributed by atoms with van der Waals surface area (Å²) in [5.74, 6) is 0. The summed E-state index contributed by atoms with van der Waals surface area (Å²) in [6, 6.07) is 0.668. The molecule has 0 aromatic carbocycles. The van der Waals surface area contributed by atoms with Gasteiger partial charge in [-0.15, -0.1) is 0 Å². The highest BCUT2D eigenvalue weighted by molar-refractivity contribution is 4.83. The molecule has 2 atom stereocenters. The van der Waals surface area contributed by atoms with Gasteiger partial charge in [-0.2, -0.15) is 0 Å². The average Bonchev–Trinajstić information content (AvgIpc) is 2.15. The Morgan fingerprint density at radius 1 is 1.14 bits per heavy atom. The highest BCUT2D eigenvalue weighted by Crippen LogP contribution is 2.19. The van der Waals surface area contributed by atoms with E-state index in [-0.39, 0.29) is 0 Å². The largest absolute Gasteiger partial charge is 0.309 e. The van der Waals surface area contributed by atoms with E-state index in [0.29, 0.717) is 11.6 Å². The van der Waals surface area contributed by atoms with Crippen LogP contribution in [-0.4, -0.2) is 11.6 Å². The Hall–Kier alpha value is -0.0400. The molecule has 0 spiro atoms. The van der Waals surface area contributed by atoms with Crippen molar-refractivity contribution in [3.8, 4) is 0 Å². The minimum atomic E-state index is 0.366. The van der Waals surface area contributed by atoms with E-state index < -0.39 is 0 Å². The lowest BCUT2D eigenvalue weighted by atomic mass is 9.90. The predicted molar refractivity (Wildman–Crippen MR) is 65.7 cm³/mol. The Bertz CT molecular complexity index is 133. The standard InChI is InChI=1S/C13H29N/c1-6-9-11-13(5,8-3)14-12(4)10-7-2/h12,14H,6-11H2,1-5H3/t12?,13-/m0/s1.